The normalized spacial score (nSPS) is 10.5. The van der Waals surface area contributed by atoms with Crippen molar-refractivity contribution < 1.29 is 4.74 Å². The summed E-state index contributed by atoms with van der Waals surface area (Å²) in [6.07, 6.45) is 0. The van der Waals surface area contributed by atoms with Crippen molar-refractivity contribution >= 4 is 44.9 Å². The predicted octanol–water partition coefficient (Wildman–Crippen LogP) is 3.36. The Bertz CT molecular complexity index is 594. The van der Waals surface area contributed by atoms with Gasteiger partial charge < -0.3 is 15.8 Å². The number of methoxy groups -OCH3 is 1. The van der Waals surface area contributed by atoms with Gasteiger partial charge in [0, 0.05) is 23.3 Å². The topological polar surface area (TPSA) is 73.1 Å². The quantitative estimate of drug-likeness (QED) is 0.890. The fraction of sp³-hybridized carbons (Fsp3) is 0.167. The number of benzene rings is 1. The second kappa shape index (κ2) is 6.18. The van der Waals surface area contributed by atoms with Crippen molar-refractivity contribution in [3.8, 4) is 0 Å². The van der Waals surface area contributed by atoms with E-state index in [1.54, 1.807) is 19.2 Å². The number of hydrogen-bond donors (Lipinski definition) is 2. The molecule has 2 aromatic rings. The van der Waals surface area contributed by atoms with E-state index in [0.29, 0.717) is 29.1 Å². The maximum atomic E-state index is 6.03. The standard InChI is InChI=1S/C12H12BrClN4O/c1-19-6-12-17-10(15)5-11(18-12)16-7-2-3-8(13)9(14)4-7/h2-5H,6H2,1H3,(H3,15,16,17,18). The Labute approximate surface area is 124 Å². The van der Waals surface area contributed by atoms with E-state index in [9.17, 15) is 0 Å². The molecule has 1 aromatic carbocycles. The maximum absolute atomic E-state index is 6.03. The third-order valence-electron chi connectivity index (χ3n) is 2.26. The van der Waals surface area contributed by atoms with Gasteiger partial charge in [0.05, 0.1) is 5.02 Å². The first-order valence-corrected chi connectivity index (χ1v) is 6.60. The lowest BCUT2D eigenvalue weighted by atomic mass is 10.3. The van der Waals surface area contributed by atoms with E-state index >= 15 is 0 Å². The van der Waals surface area contributed by atoms with Gasteiger partial charge in [-0.3, -0.25) is 0 Å². The summed E-state index contributed by atoms with van der Waals surface area (Å²) in [5.74, 6) is 1.50. The van der Waals surface area contributed by atoms with E-state index in [-0.39, 0.29) is 0 Å². The maximum Gasteiger partial charge on any atom is 0.158 e. The first kappa shape index (κ1) is 14.0. The summed E-state index contributed by atoms with van der Waals surface area (Å²) in [5.41, 5.74) is 6.53. The minimum atomic E-state index is 0.306. The highest BCUT2D eigenvalue weighted by molar-refractivity contribution is 9.10. The molecular formula is C12H12BrClN4O. The smallest absolute Gasteiger partial charge is 0.158 e. The second-order valence-corrected chi connectivity index (χ2v) is 5.04. The number of nitrogens with two attached hydrogens (primary N) is 1. The fourth-order valence-electron chi connectivity index (χ4n) is 1.50. The summed E-state index contributed by atoms with van der Waals surface area (Å²) in [7, 11) is 1.58. The molecule has 0 aliphatic carbocycles. The molecule has 0 bridgehead atoms. The largest absolute Gasteiger partial charge is 0.384 e. The molecule has 1 heterocycles. The third-order valence-corrected chi connectivity index (χ3v) is 3.49. The fourth-order valence-corrected chi connectivity index (χ4v) is 1.92. The van der Waals surface area contributed by atoms with Crippen LogP contribution in [0.25, 0.3) is 0 Å². The van der Waals surface area contributed by atoms with Gasteiger partial charge >= 0.3 is 0 Å². The highest BCUT2D eigenvalue weighted by atomic mass is 79.9. The molecule has 0 saturated heterocycles. The van der Waals surface area contributed by atoms with Crippen molar-refractivity contribution in [2.24, 2.45) is 0 Å². The summed E-state index contributed by atoms with van der Waals surface area (Å²) in [4.78, 5) is 8.35. The second-order valence-electron chi connectivity index (χ2n) is 3.78. The van der Waals surface area contributed by atoms with Gasteiger partial charge in [-0.15, -0.1) is 0 Å². The van der Waals surface area contributed by atoms with Crippen molar-refractivity contribution in [1.82, 2.24) is 9.97 Å². The van der Waals surface area contributed by atoms with Gasteiger partial charge in [0.1, 0.15) is 18.2 Å². The van der Waals surface area contributed by atoms with Crippen LogP contribution in [0.3, 0.4) is 0 Å². The van der Waals surface area contributed by atoms with Gasteiger partial charge in [0.25, 0.3) is 0 Å². The van der Waals surface area contributed by atoms with Crippen molar-refractivity contribution in [3.05, 3.63) is 39.6 Å². The molecule has 2 rings (SSSR count). The molecule has 0 fully saturated rings. The zero-order chi connectivity index (χ0) is 13.8. The van der Waals surface area contributed by atoms with E-state index in [2.05, 4.69) is 31.2 Å². The minimum Gasteiger partial charge on any atom is -0.384 e. The SMILES string of the molecule is COCc1nc(N)cc(Nc2ccc(Br)c(Cl)c2)n1. The summed E-state index contributed by atoms with van der Waals surface area (Å²) in [6, 6.07) is 7.17. The average Bonchev–Trinajstić information content (AvgIpc) is 2.33. The molecule has 0 spiro atoms. The van der Waals surface area contributed by atoms with Crippen LogP contribution < -0.4 is 11.1 Å². The van der Waals surface area contributed by atoms with Gasteiger partial charge in [-0.1, -0.05) is 11.6 Å². The number of halogens is 2. The Morgan fingerprint density at radius 1 is 1.37 bits per heavy atom. The number of rotatable bonds is 4. The summed E-state index contributed by atoms with van der Waals surface area (Å²) >= 11 is 9.36. The summed E-state index contributed by atoms with van der Waals surface area (Å²) in [5, 5.41) is 3.73. The molecule has 0 saturated carbocycles. The lowest BCUT2D eigenvalue weighted by Gasteiger charge is -2.09. The summed E-state index contributed by atoms with van der Waals surface area (Å²) in [6.45, 7) is 0.306. The van der Waals surface area contributed by atoms with Crippen LogP contribution in [0.5, 0.6) is 0 Å². The zero-order valence-corrected chi connectivity index (χ0v) is 12.5. The third kappa shape index (κ3) is 3.79. The number of aromatic nitrogens is 2. The molecule has 0 amide bonds. The van der Waals surface area contributed by atoms with Gasteiger partial charge in [-0.25, -0.2) is 9.97 Å². The van der Waals surface area contributed by atoms with E-state index in [1.807, 2.05) is 12.1 Å². The Hall–Kier alpha value is -1.37. The number of anilines is 3. The molecule has 100 valence electrons. The highest BCUT2D eigenvalue weighted by Crippen LogP contribution is 2.27. The van der Waals surface area contributed by atoms with E-state index in [0.717, 1.165) is 10.2 Å². The lowest BCUT2D eigenvalue weighted by Crippen LogP contribution is -2.04. The van der Waals surface area contributed by atoms with Crippen molar-refractivity contribution in [2.75, 3.05) is 18.2 Å². The Balaban J connectivity index is 2.24. The number of ether oxygens (including phenoxy) is 1. The molecule has 3 N–H and O–H groups in total. The summed E-state index contributed by atoms with van der Waals surface area (Å²) < 4.78 is 5.82. The van der Waals surface area contributed by atoms with E-state index < -0.39 is 0 Å². The highest BCUT2D eigenvalue weighted by Gasteiger charge is 2.04. The molecule has 0 aliphatic heterocycles. The molecule has 0 unspecified atom stereocenters. The Kier molecular flexibility index (Phi) is 4.57. The minimum absolute atomic E-state index is 0.306. The number of hydrogen-bond acceptors (Lipinski definition) is 5. The molecule has 0 atom stereocenters. The van der Waals surface area contributed by atoms with E-state index in [1.165, 1.54) is 0 Å². The van der Waals surface area contributed by atoms with Gasteiger partial charge in [-0.2, -0.15) is 0 Å². The molecule has 0 radical (unpaired) electrons. The number of nitrogens with zero attached hydrogens (tertiary/aromatic N) is 2. The molecular weight excluding hydrogens is 332 g/mol. The van der Waals surface area contributed by atoms with Crippen molar-refractivity contribution in [3.63, 3.8) is 0 Å². The van der Waals surface area contributed by atoms with Crippen LogP contribution in [0.1, 0.15) is 5.82 Å². The van der Waals surface area contributed by atoms with Gasteiger partial charge in [0.15, 0.2) is 5.82 Å². The first-order valence-electron chi connectivity index (χ1n) is 5.43. The van der Waals surface area contributed by atoms with Crippen LogP contribution in [0.15, 0.2) is 28.7 Å². The molecule has 19 heavy (non-hydrogen) atoms. The number of nitrogen functional groups attached to an aromatic ring is 1. The molecule has 5 nitrogen and oxygen atoms in total. The van der Waals surface area contributed by atoms with Crippen LogP contribution in [0.2, 0.25) is 5.02 Å². The zero-order valence-electron chi connectivity index (χ0n) is 10.2. The van der Waals surface area contributed by atoms with Crippen LogP contribution in [0.4, 0.5) is 17.3 Å². The Morgan fingerprint density at radius 2 is 2.16 bits per heavy atom. The molecule has 7 heteroatoms. The van der Waals surface area contributed by atoms with Crippen LogP contribution in [-0.2, 0) is 11.3 Å². The Morgan fingerprint density at radius 3 is 2.84 bits per heavy atom. The first-order chi connectivity index (χ1) is 9.08. The van der Waals surface area contributed by atoms with Crippen LogP contribution >= 0.6 is 27.5 Å². The molecule has 1 aromatic heterocycles. The van der Waals surface area contributed by atoms with Gasteiger partial charge in [0.2, 0.25) is 0 Å². The number of nitrogens with one attached hydrogen (secondary N) is 1. The predicted molar refractivity (Wildman–Crippen MR) is 79.6 cm³/mol. The molecule has 0 aliphatic rings. The lowest BCUT2D eigenvalue weighted by molar-refractivity contribution is 0.178. The van der Waals surface area contributed by atoms with Crippen LogP contribution in [0, 0.1) is 0 Å². The van der Waals surface area contributed by atoms with Crippen LogP contribution in [-0.4, -0.2) is 17.1 Å². The average molecular weight is 344 g/mol. The monoisotopic (exact) mass is 342 g/mol. The van der Waals surface area contributed by atoms with Gasteiger partial charge in [-0.05, 0) is 34.1 Å². The van der Waals surface area contributed by atoms with Crippen molar-refractivity contribution in [1.29, 1.82) is 0 Å². The van der Waals surface area contributed by atoms with E-state index in [4.69, 9.17) is 22.1 Å². The van der Waals surface area contributed by atoms with Crippen molar-refractivity contribution in [2.45, 2.75) is 6.61 Å².